The van der Waals surface area contributed by atoms with E-state index in [1.165, 1.54) is 0 Å². The molecule has 0 aliphatic heterocycles. The molecule has 0 aromatic rings. The van der Waals surface area contributed by atoms with Crippen LogP contribution in [0.2, 0.25) is 5.71 Å². The molecular formula is CH5AsNaO3. The summed E-state index contributed by atoms with van der Waals surface area (Å²) in [7, 11) is 0. The van der Waals surface area contributed by atoms with E-state index < -0.39 is 14.2 Å². The molecular weight excluding hydrogens is 158 g/mol. The van der Waals surface area contributed by atoms with Gasteiger partial charge in [0, 0.05) is 29.6 Å². The predicted octanol–water partition coefficient (Wildman–Crippen LogP) is -1.41. The van der Waals surface area contributed by atoms with Crippen LogP contribution in [0.25, 0.3) is 0 Å². The molecule has 1 radical (unpaired) electrons. The van der Waals surface area contributed by atoms with Crippen LogP contribution in [0.4, 0.5) is 0 Å². The Labute approximate surface area is 61.0 Å². The Morgan fingerprint density at radius 2 is 1.50 bits per heavy atom. The van der Waals surface area contributed by atoms with Crippen molar-refractivity contribution in [1.82, 2.24) is 0 Å². The molecule has 0 fully saturated rings. The Bertz CT molecular complexity index is 56.9. The molecule has 0 rings (SSSR count). The third kappa shape index (κ3) is 59.1. The molecule has 0 aromatic carbocycles. The molecule has 0 atom stereocenters. The van der Waals surface area contributed by atoms with Gasteiger partial charge in [-0.05, 0) is 0 Å². The fraction of sp³-hybridized carbons (Fsp3) is 1.00. The Hall–Kier alpha value is 1.28. The van der Waals surface area contributed by atoms with Gasteiger partial charge >= 0.3 is 31.8 Å². The summed E-state index contributed by atoms with van der Waals surface area (Å²) >= 11 is -4.12. The first-order valence-corrected chi connectivity index (χ1v) is 5.35. The van der Waals surface area contributed by atoms with E-state index in [9.17, 15) is 3.74 Å². The Balaban J connectivity index is 0. The van der Waals surface area contributed by atoms with Gasteiger partial charge in [0.2, 0.25) is 0 Å². The van der Waals surface area contributed by atoms with E-state index in [4.69, 9.17) is 8.19 Å². The smallest absolute Gasteiger partial charge is 0 e. The van der Waals surface area contributed by atoms with Crippen LogP contribution in [-0.4, -0.2) is 51.9 Å². The van der Waals surface area contributed by atoms with Crippen LogP contribution in [0.3, 0.4) is 0 Å². The minimum absolute atomic E-state index is 0. The van der Waals surface area contributed by atoms with E-state index in [1.807, 2.05) is 0 Å². The number of hydrogen-bond donors (Lipinski definition) is 2. The second-order valence-corrected chi connectivity index (χ2v) is 4.34. The maximum Gasteiger partial charge on any atom is 0 e. The zero-order valence-electron chi connectivity index (χ0n) is 3.75. The van der Waals surface area contributed by atoms with Crippen LogP contribution < -0.4 is 0 Å². The van der Waals surface area contributed by atoms with Crippen LogP contribution in [0, 0.1) is 0 Å². The van der Waals surface area contributed by atoms with Crippen molar-refractivity contribution in [3.8, 4) is 0 Å². The molecule has 0 aliphatic rings. The molecule has 2 N–H and O–H groups in total. The summed E-state index contributed by atoms with van der Waals surface area (Å²) in [6.07, 6.45) is 0. The monoisotopic (exact) mass is 163 g/mol. The summed E-state index contributed by atoms with van der Waals surface area (Å²) in [6.45, 7) is 0. The van der Waals surface area contributed by atoms with Gasteiger partial charge in [-0.2, -0.15) is 0 Å². The Morgan fingerprint density at radius 3 is 1.50 bits per heavy atom. The van der Waals surface area contributed by atoms with Crippen molar-refractivity contribution in [3.63, 3.8) is 0 Å². The van der Waals surface area contributed by atoms with Gasteiger partial charge in [-0.1, -0.05) is 0 Å². The van der Waals surface area contributed by atoms with E-state index in [-0.39, 0.29) is 29.6 Å². The summed E-state index contributed by atoms with van der Waals surface area (Å²) in [5.74, 6) is 0. The quantitative estimate of drug-likeness (QED) is 0.431. The molecule has 0 saturated carbocycles. The van der Waals surface area contributed by atoms with E-state index >= 15 is 0 Å². The van der Waals surface area contributed by atoms with Crippen LogP contribution in [-0.2, 0) is 3.74 Å². The third-order valence-electron chi connectivity index (χ3n) is 0. The first-order chi connectivity index (χ1) is 2.00. The second kappa shape index (κ2) is 3.30. The summed E-state index contributed by atoms with van der Waals surface area (Å²) in [6, 6.07) is 0. The molecule has 0 bridgehead atoms. The van der Waals surface area contributed by atoms with Gasteiger partial charge in [0.05, 0.1) is 0 Å². The van der Waals surface area contributed by atoms with Crippen LogP contribution in [0.1, 0.15) is 0 Å². The second-order valence-electron chi connectivity index (χ2n) is 0.835. The average molecular weight is 163 g/mol. The third-order valence-corrected chi connectivity index (χ3v) is 0. The normalized spacial score (nSPS) is 9.83. The fourth-order valence-electron chi connectivity index (χ4n) is 0. The molecule has 33 valence electrons. The predicted molar refractivity (Wildman–Crippen MR) is 22.5 cm³/mol. The number of hydrogen-bond acceptors (Lipinski definition) is 1. The van der Waals surface area contributed by atoms with Crippen LogP contribution in [0.15, 0.2) is 0 Å². The summed E-state index contributed by atoms with van der Waals surface area (Å²) in [4.78, 5) is 0. The van der Waals surface area contributed by atoms with Gasteiger partial charge in [0.15, 0.2) is 0 Å². The molecule has 0 unspecified atom stereocenters. The average Bonchev–Trinajstić information content (AvgIpc) is 0.722. The maximum atomic E-state index is 9.39. The van der Waals surface area contributed by atoms with Crippen molar-refractivity contribution in [2.75, 3.05) is 0 Å². The Kier molecular flexibility index (Phi) is 5.67. The molecule has 0 saturated heterocycles. The molecule has 0 amide bonds. The van der Waals surface area contributed by atoms with E-state index in [0.717, 1.165) is 5.71 Å². The molecule has 0 heterocycles. The van der Waals surface area contributed by atoms with E-state index in [0.29, 0.717) is 0 Å². The van der Waals surface area contributed by atoms with Crippen molar-refractivity contribution < 1.29 is 11.9 Å². The van der Waals surface area contributed by atoms with Crippen molar-refractivity contribution in [3.05, 3.63) is 0 Å². The van der Waals surface area contributed by atoms with Gasteiger partial charge in [-0.3, -0.25) is 0 Å². The first kappa shape index (κ1) is 10.3. The van der Waals surface area contributed by atoms with Gasteiger partial charge < -0.3 is 0 Å². The zero-order valence-corrected chi connectivity index (χ0v) is 7.63. The van der Waals surface area contributed by atoms with Gasteiger partial charge in [-0.25, -0.2) is 0 Å². The van der Waals surface area contributed by atoms with E-state index in [2.05, 4.69) is 0 Å². The molecule has 0 aliphatic carbocycles. The fourth-order valence-corrected chi connectivity index (χ4v) is 0. The molecule has 0 aromatic heterocycles. The molecule has 6 heavy (non-hydrogen) atoms. The summed E-state index contributed by atoms with van der Waals surface area (Å²) in [5, 5.41) is 0. The topological polar surface area (TPSA) is 57.5 Å². The number of rotatable bonds is 0. The molecule has 5 heteroatoms. The first-order valence-electron chi connectivity index (χ1n) is 1.03. The Morgan fingerprint density at radius 1 is 1.50 bits per heavy atom. The van der Waals surface area contributed by atoms with Crippen LogP contribution >= 0.6 is 0 Å². The standard InChI is InChI=1S/CH5AsO3.Na/c1-2(3,4)5;/h1H3,(H2,3,4,5);. The molecule has 3 nitrogen and oxygen atoms in total. The zero-order chi connectivity index (χ0) is 4.50. The minimum Gasteiger partial charge on any atom is 0 e. The van der Waals surface area contributed by atoms with Crippen molar-refractivity contribution in [2.45, 2.75) is 5.71 Å². The van der Waals surface area contributed by atoms with E-state index in [1.54, 1.807) is 0 Å². The van der Waals surface area contributed by atoms with Crippen LogP contribution in [0.5, 0.6) is 0 Å². The molecule has 0 spiro atoms. The summed E-state index contributed by atoms with van der Waals surface area (Å²) in [5.41, 5.74) is 0.915. The van der Waals surface area contributed by atoms with Crippen molar-refractivity contribution >= 4 is 43.7 Å². The SMILES string of the molecule is C[As](=O)(O)O.[Na]. The van der Waals surface area contributed by atoms with Gasteiger partial charge in [0.1, 0.15) is 0 Å². The largest absolute Gasteiger partial charge is 0 e. The minimum atomic E-state index is -4.12. The summed E-state index contributed by atoms with van der Waals surface area (Å²) < 4.78 is 24.8. The van der Waals surface area contributed by atoms with Gasteiger partial charge in [-0.15, -0.1) is 0 Å². The maximum absolute atomic E-state index is 9.39. The van der Waals surface area contributed by atoms with Gasteiger partial charge in [0.25, 0.3) is 0 Å². The van der Waals surface area contributed by atoms with Crippen molar-refractivity contribution in [1.29, 1.82) is 0 Å². The van der Waals surface area contributed by atoms with Crippen molar-refractivity contribution in [2.24, 2.45) is 0 Å².